The third-order valence-electron chi connectivity index (χ3n) is 11.6. The summed E-state index contributed by atoms with van der Waals surface area (Å²) in [4.78, 5) is 11.1. The largest absolute Gasteiger partial charge is 0.279 e. The van der Waals surface area contributed by atoms with Crippen molar-refractivity contribution in [2.45, 2.75) is 6.92 Å². The topological polar surface area (TPSA) is 30.2 Å². The van der Waals surface area contributed by atoms with Crippen LogP contribution in [0.5, 0.6) is 0 Å². The van der Waals surface area contributed by atoms with Crippen LogP contribution >= 0.6 is 0 Å². The van der Waals surface area contributed by atoms with Crippen molar-refractivity contribution >= 4 is 92.2 Å². The Morgan fingerprint density at radius 3 is 1.44 bits per heavy atom. The van der Waals surface area contributed by atoms with E-state index in [1.54, 1.807) is 0 Å². The van der Waals surface area contributed by atoms with E-state index in [0.717, 1.165) is 49.9 Å². The van der Waals surface area contributed by atoms with Crippen LogP contribution < -0.4 is 0 Å². The zero-order chi connectivity index (χ0) is 35.5. The third kappa shape index (κ3) is 4.01. The fourth-order valence-corrected chi connectivity index (χ4v) is 9.27. The van der Waals surface area contributed by atoms with Gasteiger partial charge in [-0.2, -0.15) is 0 Å². The van der Waals surface area contributed by atoms with E-state index in [4.69, 9.17) is 9.97 Å². The summed E-state index contributed by atoms with van der Waals surface area (Å²) in [5, 5.41) is 15.7. The molecule has 0 aliphatic heterocycles. The molecular weight excluding hydrogens is 655 g/mol. The molecule has 3 heteroatoms. The van der Waals surface area contributed by atoms with Gasteiger partial charge < -0.3 is 0 Å². The third-order valence-corrected chi connectivity index (χ3v) is 11.6. The lowest BCUT2D eigenvalue weighted by Crippen LogP contribution is -2.00. The van der Waals surface area contributed by atoms with Crippen LogP contribution in [-0.2, 0) is 0 Å². The highest BCUT2D eigenvalue weighted by Crippen LogP contribution is 2.44. The van der Waals surface area contributed by atoms with Crippen LogP contribution in [0.3, 0.4) is 0 Å². The average molecular weight is 686 g/mol. The van der Waals surface area contributed by atoms with Crippen molar-refractivity contribution in [3.8, 4) is 22.3 Å². The number of fused-ring (bicyclic) bond motifs is 16. The molecule has 12 aromatic rings. The lowest BCUT2D eigenvalue weighted by atomic mass is 9.88. The van der Waals surface area contributed by atoms with E-state index >= 15 is 0 Å². The van der Waals surface area contributed by atoms with Gasteiger partial charge in [0.05, 0.1) is 16.6 Å². The van der Waals surface area contributed by atoms with E-state index in [9.17, 15) is 0 Å². The second-order valence-electron chi connectivity index (χ2n) is 14.5. The van der Waals surface area contributed by atoms with E-state index in [0.29, 0.717) is 0 Å². The number of benzene rings is 10. The minimum absolute atomic E-state index is 0.913. The van der Waals surface area contributed by atoms with Crippen LogP contribution in [0.25, 0.3) is 114 Å². The molecular formula is C51H31N3. The summed E-state index contributed by atoms with van der Waals surface area (Å²) in [6.07, 6.45) is 0. The standard InChI is InChI=1S/C51H31N3/c1-30-52-48-46(45-27-32-15-3-5-17-35(32)37-19-7-9-23-41(37)45)28-33(44-26-31-14-2-4-16-34(31)36-18-6-8-22-40(36)44)29-47(48)51-53-49-42-24-12-10-20-38(42)39-21-11-13-25-43(39)50(49)54(30)51/h2-29H,1H3. The Bertz CT molecular complexity index is 3570. The van der Waals surface area contributed by atoms with Crippen LogP contribution in [-0.4, -0.2) is 14.4 Å². The summed E-state index contributed by atoms with van der Waals surface area (Å²) < 4.78 is 2.30. The number of rotatable bonds is 2. The Hall–Kier alpha value is -7.10. The summed E-state index contributed by atoms with van der Waals surface area (Å²) in [7, 11) is 0. The van der Waals surface area contributed by atoms with Crippen molar-refractivity contribution < 1.29 is 0 Å². The van der Waals surface area contributed by atoms with Crippen molar-refractivity contribution in [1.29, 1.82) is 0 Å². The highest BCUT2D eigenvalue weighted by molar-refractivity contribution is 6.25. The highest BCUT2D eigenvalue weighted by Gasteiger charge is 2.22. The van der Waals surface area contributed by atoms with Crippen LogP contribution in [0.4, 0.5) is 0 Å². The SMILES string of the molecule is Cc1nc2c(-c3cc4ccccc4c4ccccc34)cc(-c3cc4ccccc4c4ccccc34)cc2c2nc3c4ccccc4c4ccccc4c3n12. The molecule has 0 amide bonds. The molecule has 2 aromatic heterocycles. The molecule has 0 aliphatic rings. The Morgan fingerprint density at radius 1 is 0.352 bits per heavy atom. The molecule has 0 bridgehead atoms. The van der Waals surface area contributed by atoms with Crippen molar-refractivity contribution in [2.24, 2.45) is 0 Å². The van der Waals surface area contributed by atoms with Gasteiger partial charge in [-0.25, -0.2) is 9.97 Å². The van der Waals surface area contributed by atoms with Gasteiger partial charge in [-0.05, 0) is 102 Å². The van der Waals surface area contributed by atoms with Gasteiger partial charge in [0, 0.05) is 21.7 Å². The summed E-state index contributed by atoms with van der Waals surface area (Å²) in [5.74, 6) is 0.913. The maximum absolute atomic E-state index is 5.60. The van der Waals surface area contributed by atoms with Crippen LogP contribution in [0.1, 0.15) is 5.82 Å². The van der Waals surface area contributed by atoms with Gasteiger partial charge in [0.25, 0.3) is 0 Å². The molecule has 250 valence electrons. The monoisotopic (exact) mass is 685 g/mol. The number of hydrogen-bond donors (Lipinski definition) is 0. The predicted molar refractivity (Wildman–Crippen MR) is 229 cm³/mol. The Kier molecular flexibility index (Phi) is 5.98. The second kappa shape index (κ2) is 11.0. The summed E-state index contributed by atoms with van der Waals surface area (Å²) >= 11 is 0. The first-order chi connectivity index (χ1) is 26.7. The molecule has 0 N–H and O–H groups in total. The molecule has 54 heavy (non-hydrogen) atoms. The molecule has 0 atom stereocenters. The van der Waals surface area contributed by atoms with Crippen LogP contribution in [0.15, 0.2) is 170 Å². The van der Waals surface area contributed by atoms with E-state index < -0.39 is 0 Å². The fraction of sp³-hybridized carbons (Fsp3) is 0.0196. The van der Waals surface area contributed by atoms with E-state index in [2.05, 4.69) is 181 Å². The van der Waals surface area contributed by atoms with Gasteiger partial charge in [0.1, 0.15) is 11.5 Å². The molecule has 10 aromatic carbocycles. The molecule has 0 unspecified atom stereocenters. The van der Waals surface area contributed by atoms with E-state index in [-0.39, 0.29) is 0 Å². The first-order valence-electron chi connectivity index (χ1n) is 18.6. The number of aromatic nitrogens is 3. The smallest absolute Gasteiger partial charge is 0.148 e. The minimum Gasteiger partial charge on any atom is -0.279 e. The van der Waals surface area contributed by atoms with Gasteiger partial charge in [-0.15, -0.1) is 0 Å². The lowest BCUT2D eigenvalue weighted by Gasteiger charge is -2.17. The normalized spacial score (nSPS) is 12.2. The van der Waals surface area contributed by atoms with Crippen LogP contribution in [0, 0.1) is 6.92 Å². The molecule has 3 nitrogen and oxygen atoms in total. The highest BCUT2D eigenvalue weighted by atomic mass is 15.1. The number of nitrogens with zero attached hydrogens (tertiary/aromatic N) is 3. The number of hydrogen-bond acceptors (Lipinski definition) is 2. The fourth-order valence-electron chi connectivity index (χ4n) is 9.27. The van der Waals surface area contributed by atoms with Gasteiger partial charge in [-0.1, -0.05) is 146 Å². The van der Waals surface area contributed by atoms with Gasteiger partial charge in [-0.3, -0.25) is 4.40 Å². The molecule has 12 rings (SSSR count). The van der Waals surface area contributed by atoms with Crippen molar-refractivity contribution in [2.75, 3.05) is 0 Å². The first-order valence-corrected chi connectivity index (χ1v) is 18.6. The van der Waals surface area contributed by atoms with Gasteiger partial charge in [0.2, 0.25) is 0 Å². The average Bonchev–Trinajstić information content (AvgIpc) is 3.66. The molecule has 2 heterocycles. The van der Waals surface area contributed by atoms with Crippen molar-refractivity contribution in [1.82, 2.24) is 14.4 Å². The molecule has 0 radical (unpaired) electrons. The summed E-state index contributed by atoms with van der Waals surface area (Å²) in [6.45, 7) is 2.13. The maximum Gasteiger partial charge on any atom is 0.148 e. The zero-order valence-electron chi connectivity index (χ0n) is 29.5. The molecule has 0 saturated carbocycles. The minimum atomic E-state index is 0.913. The second-order valence-corrected chi connectivity index (χ2v) is 14.5. The molecule has 0 saturated heterocycles. The maximum atomic E-state index is 5.60. The quantitative estimate of drug-likeness (QED) is 0.170. The van der Waals surface area contributed by atoms with Gasteiger partial charge in [0.15, 0.2) is 0 Å². The van der Waals surface area contributed by atoms with E-state index in [1.807, 2.05) is 0 Å². The predicted octanol–water partition coefficient (Wildman–Crippen LogP) is 13.6. The Labute approximate surface area is 310 Å². The lowest BCUT2D eigenvalue weighted by molar-refractivity contribution is 1.04. The van der Waals surface area contributed by atoms with Crippen LogP contribution in [0.2, 0.25) is 0 Å². The number of aryl methyl sites for hydroxylation is 1. The Balaban J connectivity index is 1.30. The van der Waals surface area contributed by atoms with Gasteiger partial charge >= 0.3 is 0 Å². The molecule has 0 aliphatic carbocycles. The number of imidazole rings is 1. The summed E-state index contributed by atoms with van der Waals surface area (Å²) in [5.41, 5.74) is 8.60. The molecule has 0 spiro atoms. The summed E-state index contributed by atoms with van der Waals surface area (Å²) in [6, 6.07) is 61.9. The zero-order valence-corrected chi connectivity index (χ0v) is 29.5. The molecule has 0 fully saturated rings. The Morgan fingerprint density at radius 2 is 0.815 bits per heavy atom. The first kappa shape index (κ1) is 29.5. The van der Waals surface area contributed by atoms with E-state index in [1.165, 1.54) is 70.4 Å². The van der Waals surface area contributed by atoms with Crippen molar-refractivity contribution in [3.63, 3.8) is 0 Å². The van der Waals surface area contributed by atoms with Crippen molar-refractivity contribution in [3.05, 3.63) is 176 Å².